The third-order valence-corrected chi connectivity index (χ3v) is 21.0. The Hall–Kier alpha value is -0.970. The Morgan fingerprint density at radius 2 is 1.19 bits per heavy atom. The number of fused-ring (bicyclic) bond motifs is 1. The molecule has 6 fully saturated rings. The van der Waals surface area contributed by atoms with Gasteiger partial charge in [0.15, 0.2) is 0 Å². The molecule has 1 spiro atoms. The molecule has 3 aliphatic carbocycles. The fraction of sp³-hybridized carbons (Fsp3) is 0.984. The number of nitrogens with zero attached hydrogens (tertiary/aromatic N) is 9. The largest absolute Gasteiger partial charge is 0.341 e. The maximum Gasteiger partial charge on any atom is 0.239 e. The summed E-state index contributed by atoms with van der Waals surface area (Å²) in [6.07, 6.45) is 29.8. The molecule has 3 aliphatic heterocycles. The summed E-state index contributed by atoms with van der Waals surface area (Å²) in [5, 5.41) is 12.5. The van der Waals surface area contributed by atoms with E-state index in [0.717, 1.165) is 143 Å². The molecule has 0 bridgehead atoms. The van der Waals surface area contributed by atoms with E-state index >= 15 is 4.79 Å². The molecular weight excluding hydrogens is 953 g/mol. The van der Waals surface area contributed by atoms with Crippen molar-refractivity contribution in [3.8, 4) is 0 Å². The molecule has 0 aromatic rings. The third kappa shape index (κ3) is 21.9. The van der Waals surface area contributed by atoms with Crippen LogP contribution >= 0.6 is 0 Å². The van der Waals surface area contributed by atoms with Gasteiger partial charge in [-0.15, -0.1) is 0 Å². The van der Waals surface area contributed by atoms with Crippen LogP contribution in [0.4, 0.5) is 0 Å². The number of hydrogen-bond acceptors (Lipinski definition) is 12. The van der Waals surface area contributed by atoms with Crippen molar-refractivity contribution in [2.24, 2.45) is 23.7 Å². The van der Waals surface area contributed by atoms with Gasteiger partial charge in [0.25, 0.3) is 0 Å². The van der Waals surface area contributed by atoms with E-state index in [2.05, 4.69) is 137 Å². The summed E-state index contributed by atoms with van der Waals surface area (Å²) in [6.45, 7) is 28.9. The first-order chi connectivity index (χ1) is 37.1. The van der Waals surface area contributed by atoms with Crippen LogP contribution < -0.4 is 16.0 Å². The van der Waals surface area contributed by atoms with Crippen LogP contribution in [0, 0.1) is 23.7 Å². The van der Waals surface area contributed by atoms with Gasteiger partial charge in [0.2, 0.25) is 5.91 Å². The highest BCUT2D eigenvalue weighted by molar-refractivity contribution is 5.82. The Balaban J connectivity index is 1.21. The van der Waals surface area contributed by atoms with Gasteiger partial charge >= 0.3 is 0 Å². The number of piperidine rings is 1. The van der Waals surface area contributed by atoms with Crippen LogP contribution in [0.2, 0.25) is 0 Å². The van der Waals surface area contributed by atoms with Crippen LogP contribution in [0.5, 0.6) is 0 Å². The van der Waals surface area contributed by atoms with E-state index in [1.54, 1.807) is 0 Å². The van der Waals surface area contributed by atoms with Gasteiger partial charge in [-0.1, -0.05) is 98.3 Å². The molecule has 1 amide bonds. The number of nitrogens with one attached hydrogen (secondary N) is 3. The molecule has 3 saturated carbocycles. The third-order valence-electron chi connectivity index (χ3n) is 21.0. The van der Waals surface area contributed by atoms with Crippen molar-refractivity contribution >= 4 is 5.91 Å². The maximum atomic E-state index is 15.0. The van der Waals surface area contributed by atoms with Gasteiger partial charge in [-0.3, -0.25) is 14.6 Å². The van der Waals surface area contributed by atoms with Crippen LogP contribution in [-0.2, 0) is 4.79 Å². The summed E-state index contributed by atoms with van der Waals surface area (Å²) in [5.74, 6) is 3.15. The highest BCUT2D eigenvalue weighted by Gasteiger charge is 2.41. The molecule has 6 aliphatic rings. The van der Waals surface area contributed by atoms with Crippen molar-refractivity contribution in [2.45, 2.75) is 217 Å². The second kappa shape index (κ2) is 34.6. The molecule has 77 heavy (non-hydrogen) atoms. The average Bonchev–Trinajstić information content (AvgIpc) is 4.10. The quantitative estimate of drug-likeness (QED) is 0.221. The molecule has 450 valence electrons. The molecule has 13 heteroatoms. The first kappa shape index (κ1) is 65.2. The summed E-state index contributed by atoms with van der Waals surface area (Å²) in [6, 6.07) is 2.42. The van der Waals surface area contributed by atoms with Crippen molar-refractivity contribution in [1.82, 2.24) is 60.0 Å². The molecule has 7 atom stereocenters. The average molecular weight is 1080 g/mol. The molecule has 13 nitrogen and oxygen atoms in total. The minimum Gasteiger partial charge on any atom is -0.341 e. The van der Waals surface area contributed by atoms with Gasteiger partial charge in [-0.05, 0) is 157 Å². The zero-order valence-electron chi connectivity index (χ0n) is 52.7. The molecular formula is C64H128N12O. The van der Waals surface area contributed by atoms with E-state index in [9.17, 15) is 0 Å². The summed E-state index contributed by atoms with van der Waals surface area (Å²) in [7, 11) is 16.7. The second-order valence-electron chi connectivity index (χ2n) is 27.8. The predicted octanol–water partition coefficient (Wildman–Crippen LogP) is 7.96. The number of likely N-dealkylation sites (tertiary alicyclic amines) is 1. The summed E-state index contributed by atoms with van der Waals surface area (Å²) < 4.78 is 0. The van der Waals surface area contributed by atoms with Gasteiger partial charge in [0.05, 0.1) is 6.04 Å². The van der Waals surface area contributed by atoms with E-state index in [-0.39, 0.29) is 11.6 Å². The minimum atomic E-state index is -0.101. The first-order valence-electron chi connectivity index (χ1n) is 33.2. The van der Waals surface area contributed by atoms with Crippen LogP contribution in [-0.4, -0.2) is 259 Å². The van der Waals surface area contributed by atoms with Gasteiger partial charge in [0, 0.05) is 147 Å². The van der Waals surface area contributed by atoms with Gasteiger partial charge in [-0.25, -0.2) is 0 Å². The van der Waals surface area contributed by atoms with Crippen molar-refractivity contribution in [3.05, 3.63) is 0 Å². The molecule has 6 rings (SSSR count). The van der Waals surface area contributed by atoms with E-state index in [1.807, 2.05) is 0 Å². The Kier molecular flexibility index (Phi) is 29.3. The van der Waals surface area contributed by atoms with Crippen LogP contribution in [0.25, 0.3) is 0 Å². The van der Waals surface area contributed by atoms with Crippen molar-refractivity contribution in [2.75, 3.05) is 167 Å². The fourth-order valence-electron chi connectivity index (χ4n) is 15.4. The number of carbonyl (C=O) groups is 1. The maximum absolute atomic E-state index is 15.0. The Morgan fingerprint density at radius 3 is 1.90 bits per heavy atom. The van der Waals surface area contributed by atoms with E-state index < -0.39 is 0 Å². The predicted molar refractivity (Wildman–Crippen MR) is 328 cm³/mol. The first-order valence-corrected chi connectivity index (χ1v) is 33.2. The van der Waals surface area contributed by atoms with Gasteiger partial charge in [0.1, 0.15) is 0 Å². The Morgan fingerprint density at radius 1 is 0.558 bits per heavy atom. The van der Waals surface area contributed by atoms with Crippen molar-refractivity contribution < 1.29 is 4.79 Å². The van der Waals surface area contributed by atoms with Gasteiger partial charge < -0.3 is 50.2 Å². The molecule has 3 heterocycles. The number of rotatable bonds is 8. The monoisotopic (exact) mass is 1080 g/mol. The zero-order chi connectivity index (χ0) is 55.2. The highest BCUT2D eigenvalue weighted by Crippen LogP contribution is 2.35. The lowest BCUT2D eigenvalue weighted by Crippen LogP contribution is -2.59. The van der Waals surface area contributed by atoms with E-state index in [1.165, 1.54) is 129 Å². The molecule has 3 N–H and O–H groups in total. The minimum absolute atomic E-state index is 0.101. The molecule has 6 unspecified atom stereocenters. The van der Waals surface area contributed by atoms with Crippen molar-refractivity contribution in [1.29, 1.82) is 0 Å². The lowest BCUT2D eigenvalue weighted by Gasteiger charge is -2.45. The number of amides is 1. The normalized spacial score (nSPS) is 32.1. The molecule has 3 saturated heterocycles. The standard InChI is InChI=1S/C64H128N12O/c1-12-54(4)60-50-70(7)42-41-68(5)43-44-72(9)59(46-55-25-16-13-17-26-55)49-69(6)39-33-65-34-40-75-37-24-29-57(75)48-67-64(31-20-21-32-64)52-74(11)62(56-27-18-14-19-28-56)51-73(10)61(63(77)76-35-22-15-23-36-76)30-38-71(8)58(47-66-60)45-53(2)3/h53-62,65-67H,12-52H2,1-11H3/t54-,57?,58?,59?,60?,61?,62?/m0/s1. The smallest absolute Gasteiger partial charge is 0.239 e. The topological polar surface area (TPSA) is 82.3 Å². The summed E-state index contributed by atoms with van der Waals surface area (Å²) in [4.78, 5) is 38.7. The summed E-state index contributed by atoms with van der Waals surface area (Å²) >= 11 is 0. The van der Waals surface area contributed by atoms with Crippen LogP contribution in [0.3, 0.4) is 0 Å². The van der Waals surface area contributed by atoms with E-state index in [4.69, 9.17) is 0 Å². The van der Waals surface area contributed by atoms with Gasteiger partial charge in [-0.2, -0.15) is 0 Å². The number of likely N-dealkylation sites (N-methyl/N-ethyl adjacent to an activating group) is 7. The molecule has 0 aromatic heterocycles. The highest BCUT2D eigenvalue weighted by atomic mass is 16.2. The Bertz CT molecular complexity index is 1560. The van der Waals surface area contributed by atoms with Crippen LogP contribution in [0.1, 0.15) is 175 Å². The summed E-state index contributed by atoms with van der Waals surface area (Å²) in [5.41, 5.74) is 0.168. The number of carbonyl (C=O) groups excluding carboxylic acids is 1. The van der Waals surface area contributed by atoms with Crippen molar-refractivity contribution in [3.63, 3.8) is 0 Å². The second-order valence-corrected chi connectivity index (χ2v) is 27.8. The number of hydrogen-bond donors (Lipinski definition) is 3. The van der Waals surface area contributed by atoms with Crippen LogP contribution in [0.15, 0.2) is 0 Å². The fourth-order valence-corrected chi connectivity index (χ4v) is 15.4. The molecule has 0 aromatic carbocycles. The zero-order valence-corrected chi connectivity index (χ0v) is 52.7. The lowest BCUT2D eigenvalue weighted by molar-refractivity contribution is -0.138. The Labute approximate surface area is 476 Å². The lowest BCUT2D eigenvalue weighted by atomic mass is 9.82. The van der Waals surface area contributed by atoms with E-state index in [0.29, 0.717) is 53.9 Å². The SMILES string of the molecule is CC[C@H](C)C1CN(C)CCN(C)CCN(C)C(CC2CCCCC2)CN(C)CCNCCN2CCCC2CNC2(CCCC2)CN(C)C(C2CCCCC2)CN(C)C(C(=O)N2CCCCC2)CCN(C)C(CC(C)C)CN1. The molecule has 0 radical (unpaired) electrons.